The van der Waals surface area contributed by atoms with E-state index in [0.29, 0.717) is 11.3 Å². The van der Waals surface area contributed by atoms with Gasteiger partial charge in [0.05, 0.1) is 18.1 Å². The van der Waals surface area contributed by atoms with E-state index in [1.54, 1.807) is 24.3 Å². The zero-order valence-corrected chi connectivity index (χ0v) is 11.1. The van der Waals surface area contributed by atoms with Gasteiger partial charge in [-0.1, -0.05) is 0 Å². The van der Waals surface area contributed by atoms with Gasteiger partial charge >= 0.3 is 12.0 Å². The van der Waals surface area contributed by atoms with Gasteiger partial charge in [0.15, 0.2) is 6.61 Å². The van der Waals surface area contributed by atoms with Crippen molar-refractivity contribution in [2.75, 3.05) is 18.5 Å². The fraction of sp³-hybridized carbons (Fsp3) is 0.231. The lowest BCUT2D eigenvalue weighted by Crippen LogP contribution is -2.31. The lowest BCUT2D eigenvalue weighted by molar-refractivity contribution is -0.147. The van der Waals surface area contributed by atoms with Crippen molar-refractivity contribution in [2.45, 2.75) is 6.42 Å². The Morgan fingerprint density at radius 3 is 2.48 bits per heavy atom. The van der Waals surface area contributed by atoms with Gasteiger partial charge in [-0.05, 0) is 24.3 Å². The maximum Gasteiger partial charge on any atom is 0.312 e. The summed E-state index contributed by atoms with van der Waals surface area (Å²) in [5.74, 6) is -1.13. The molecular formula is C13H14N4O4. The van der Waals surface area contributed by atoms with Crippen molar-refractivity contribution in [1.82, 2.24) is 5.32 Å². The van der Waals surface area contributed by atoms with Crippen LogP contribution < -0.4 is 16.4 Å². The molecule has 0 radical (unpaired) electrons. The number of benzene rings is 1. The van der Waals surface area contributed by atoms with Crippen LogP contribution in [0.5, 0.6) is 0 Å². The number of rotatable bonds is 6. The SMILES string of the molecule is N#Cc1ccc(NC(=O)COC(=O)CCNC(N)=O)cc1. The van der Waals surface area contributed by atoms with E-state index in [0.717, 1.165) is 0 Å². The highest BCUT2D eigenvalue weighted by atomic mass is 16.5. The third-order valence-corrected chi connectivity index (χ3v) is 2.29. The largest absolute Gasteiger partial charge is 0.456 e. The number of carbonyl (C=O) groups is 3. The lowest BCUT2D eigenvalue weighted by atomic mass is 10.2. The number of ether oxygens (including phenoxy) is 1. The summed E-state index contributed by atoms with van der Waals surface area (Å²) in [4.78, 5) is 33.1. The monoisotopic (exact) mass is 290 g/mol. The summed E-state index contributed by atoms with van der Waals surface area (Å²) in [7, 11) is 0. The molecular weight excluding hydrogens is 276 g/mol. The number of nitrogens with one attached hydrogen (secondary N) is 2. The summed E-state index contributed by atoms with van der Waals surface area (Å²) in [6, 6.07) is 7.45. The van der Waals surface area contributed by atoms with Crippen LogP contribution in [0.4, 0.5) is 10.5 Å². The number of nitrogens with zero attached hydrogens (tertiary/aromatic N) is 1. The van der Waals surface area contributed by atoms with Crippen LogP contribution in [0.25, 0.3) is 0 Å². The average molecular weight is 290 g/mol. The molecule has 0 atom stereocenters. The van der Waals surface area contributed by atoms with E-state index in [2.05, 4.69) is 10.6 Å². The van der Waals surface area contributed by atoms with Crippen LogP contribution in [0.2, 0.25) is 0 Å². The minimum atomic E-state index is -0.735. The lowest BCUT2D eigenvalue weighted by Gasteiger charge is -2.06. The molecule has 0 heterocycles. The number of anilines is 1. The number of carbonyl (C=O) groups excluding carboxylic acids is 3. The zero-order valence-electron chi connectivity index (χ0n) is 11.1. The number of nitriles is 1. The van der Waals surface area contributed by atoms with Gasteiger partial charge in [0.25, 0.3) is 5.91 Å². The highest BCUT2D eigenvalue weighted by molar-refractivity contribution is 5.92. The quantitative estimate of drug-likeness (QED) is 0.638. The molecule has 3 amide bonds. The molecule has 8 heteroatoms. The summed E-state index contributed by atoms with van der Waals surface area (Å²) in [6.07, 6.45) is -0.0763. The van der Waals surface area contributed by atoms with E-state index in [9.17, 15) is 14.4 Å². The Bertz CT molecular complexity index is 563. The van der Waals surface area contributed by atoms with E-state index < -0.39 is 24.5 Å². The fourth-order valence-corrected chi connectivity index (χ4v) is 1.33. The van der Waals surface area contributed by atoms with Gasteiger partial charge in [0.2, 0.25) is 0 Å². The van der Waals surface area contributed by atoms with Crippen LogP contribution in [0.1, 0.15) is 12.0 Å². The second kappa shape index (κ2) is 8.16. The summed E-state index contributed by atoms with van der Waals surface area (Å²) < 4.78 is 4.71. The summed E-state index contributed by atoms with van der Waals surface area (Å²) >= 11 is 0. The molecule has 0 aliphatic heterocycles. The molecule has 0 spiro atoms. The molecule has 0 saturated carbocycles. The molecule has 1 rings (SSSR count). The molecule has 0 unspecified atom stereocenters. The van der Waals surface area contributed by atoms with E-state index in [1.165, 1.54) is 0 Å². The average Bonchev–Trinajstić information content (AvgIpc) is 2.45. The summed E-state index contributed by atoms with van der Waals surface area (Å²) in [5, 5.41) is 13.4. The van der Waals surface area contributed by atoms with E-state index in [-0.39, 0.29) is 13.0 Å². The van der Waals surface area contributed by atoms with Gasteiger partial charge in [0.1, 0.15) is 0 Å². The number of urea groups is 1. The molecule has 21 heavy (non-hydrogen) atoms. The summed E-state index contributed by atoms with van der Waals surface area (Å²) in [6.45, 7) is -0.388. The molecule has 1 aromatic carbocycles. The first-order valence-electron chi connectivity index (χ1n) is 6.00. The van der Waals surface area contributed by atoms with Gasteiger partial charge in [-0.25, -0.2) is 4.79 Å². The Kier molecular flexibility index (Phi) is 6.21. The highest BCUT2D eigenvalue weighted by Gasteiger charge is 2.08. The second-order valence-corrected chi connectivity index (χ2v) is 3.94. The highest BCUT2D eigenvalue weighted by Crippen LogP contribution is 2.08. The predicted molar refractivity (Wildman–Crippen MR) is 72.9 cm³/mol. The number of nitrogens with two attached hydrogens (primary N) is 1. The first-order chi connectivity index (χ1) is 10.0. The topological polar surface area (TPSA) is 134 Å². The van der Waals surface area contributed by atoms with Gasteiger partial charge in [-0.3, -0.25) is 9.59 Å². The normalized spacial score (nSPS) is 9.29. The minimum absolute atomic E-state index is 0.0470. The first kappa shape index (κ1) is 16.0. The van der Waals surface area contributed by atoms with E-state index in [4.69, 9.17) is 15.7 Å². The predicted octanol–water partition coefficient (Wildman–Crippen LogP) is 0.0984. The van der Waals surface area contributed by atoms with Crippen molar-refractivity contribution < 1.29 is 19.1 Å². The molecule has 4 N–H and O–H groups in total. The number of hydrogen-bond donors (Lipinski definition) is 3. The van der Waals surface area contributed by atoms with Crippen LogP contribution in [0.3, 0.4) is 0 Å². The number of esters is 1. The van der Waals surface area contributed by atoms with Gasteiger partial charge in [-0.15, -0.1) is 0 Å². The van der Waals surface area contributed by atoms with Crippen LogP contribution >= 0.6 is 0 Å². The van der Waals surface area contributed by atoms with Crippen molar-refractivity contribution in [1.29, 1.82) is 5.26 Å². The molecule has 0 saturated heterocycles. The van der Waals surface area contributed by atoms with Crippen molar-refractivity contribution in [3.8, 4) is 6.07 Å². The smallest absolute Gasteiger partial charge is 0.312 e. The molecule has 1 aromatic rings. The Hall–Kier alpha value is -3.08. The Morgan fingerprint density at radius 2 is 1.90 bits per heavy atom. The van der Waals surface area contributed by atoms with Gasteiger partial charge < -0.3 is 21.1 Å². The zero-order chi connectivity index (χ0) is 15.7. The fourth-order valence-electron chi connectivity index (χ4n) is 1.33. The number of amides is 3. The maximum absolute atomic E-state index is 11.5. The van der Waals surface area contributed by atoms with Gasteiger partial charge in [-0.2, -0.15) is 5.26 Å². The number of hydrogen-bond acceptors (Lipinski definition) is 5. The Labute approximate surface area is 120 Å². The van der Waals surface area contributed by atoms with Crippen molar-refractivity contribution in [3.05, 3.63) is 29.8 Å². The minimum Gasteiger partial charge on any atom is -0.456 e. The maximum atomic E-state index is 11.5. The molecule has 0 aromatic heterocycles. The van der Waals surface area contributed by atoms with Crippen LogP contribution in [0.15, 0.2) is 24.3 Å². The van der Waals surface area contributed by atoms with Crippen molar-refractivity contribution in [3.63, 3.8) is 0 Å². The van der Waals surface area contributed by atoms with Crippen LogP contribution in [0, 0.1) is 11.3 Å². The molecule has 0 fully saturated rings. The first-order valence-corrected chi connectivity index (χ1v) is 6.00. The Balaban J connectivity index is 2.28. The van der Waals surface area contributed by atoms with E-state index in [1.807, 2.05) is 6.07 Å². The second-order valence-electron chi connectivity index (χ2n) is 3.94. The van der Waals surface area contributed by atoms with Crippen LogP contribution in [-0.4, -0.2) is 31.1 Å². The molecule has 0 aliphatic carbocycles. The molecule has 110 valence electrons. The van der Waals surface area contributed by atoms with E-state index >= 15 is 0 Å². The summed E-state index contributed by atoms with van der Waals surface area (Å²) in [5.41, 5.74) is 5.79. The van der Waals surface area contributed by atoms with Gasteiger partial charge in [0, 0.05) is 12.2 Å². The molecule has 8 nitrogen and oxygen atoms in total. The molecule has 0 bridgehead atoms. The third kappa shape index (κ3) is 6.58. The standard InChI is InChI=1S/C13H14N4O4/c14-7-9-1-3-10(4-2-9)17-11(18)8-21-12(19)5-6-16-13(15)20/h1-4H,5-6,8H2,(H,17,18)(H3,15,16,20). The Morgan fingerprint density at radius 1 is 1.24 bits per heavy atom. The number of primary amides is 1. The van der Waals surface area contributed by atoms with Crippen molar-refractivity contribution in [2.24, 2.45) is 5.73 Å². The third-order valence-electron chi connectivity index (χ3n) is 2.29. The van der Waals surface area contributed by atoms with Crippen molar-refractivity contribution >= 4 is 23.6 Å². The van der Waals surface area contributed by atoms with Crippen LogP contribution in [-0.2, 0) is 14.3 Å². The molecule has 0 aliphatic rings.